The monoisotopic (exact) mass is 1100 g/mol. The van der Waals surface area contributed by atoms with E-state index in [-0.39, 0.29) is 70.2 Å². The van der Waals surface area contributed by atoms with Crippen molar-refractivity contribution < 1.29 is 64.3 Å². The summed E-state index contributed by atoms with van der Waals surface area (Å²) in [5.41, 5.74) is -10.8. The molecule has 0 saturated heterocycles. The summed E-state index contributed by atoms with van der Waals surface area (Å²) in [5, 5.41) is -0.349. The van der Waals surface area contributed by atoms with Crippen molar-refractivity contribution in [1.82, 2.24) is 15.0 Å². The van der Waals surface area contributed by atoms with Gasteiger partial charge in [-0.1, -0.05) is 94.8 Å². The maximum Gasteiger partial charge on any atom is 3.00 e. The number of pyridine rings is 3. The summed E-state index contributed by atoms with van der Waals surface area (Å²) in [4.78, 5) is 16.6. The molecular formula is C63H49IrN4O. The van der Waals surface area contributed by atoms with Gasteiger partial charge in [0.15, 0.2) is 0 Å². The van der Waals surface area contributed by atoms with E-state index < -0.39 is 179 Å². The molecule has 0 unspecified atom stereocenters. The molecule has 6 heteroatoms. The Labute approximate surface area is 459 Å². The molecule has 69 heavy (non-hydrogen) atoms. The van der Waals surface area contributed by atoms with Crippen molar-refractivity contribution in [1.29, 1.82) is 0 Å². The number of furan rings is 1. The van der Waals surface area contributed by atoms with E-state index in [9.17, 15) is 16.4 Å². The fraction of sp³-hybridized carbons (Fsp3) is 0.175. The second-order valence-corrected chi connectivity index (χ2v) is 15.1. The average Bonchev–Trinajstić information content (AvgIpc) is 1.49. The number of hydrogen-bond donors (Lipinski definition) is 0. The zero-order valence-electron chi connectivity index (χ0n) is 64.6. The van der Waals surface area contributed by atoms with E-state index in [4.69, 9.17) is 34.3 Å². The van der Waals surface area contributed by atoms with Crippen LogP contribution in [0.1, 0.15) is 102 Å². The van der Waals surface area contributed by atoms with Gasteiger partial charge in [0, 0.05) is 56.9 Å². The van der Waals surface area contributed by atoms with Crippen LogP contribution >= 0.6 is 0 Å². The molecule has 336 valence electrons. The van der Waals surface area contributed by atoms with Crippen molar-refractivity contribution in [3.05, 3.63) is 237 Å². The van der Waals surface area contributed by atoms with Gasteiger partial charge in [-0.3, -0.25) is 0 Å². The van der Waals surface area contributed by atoms with Gasteiger partial charge in [0.2, 0.25) is 5.69 Å². The van der Waals surface area contributed by atoms with Crippen LogP contribution in [0.3, 0.4) is 0 Å². The van der Waals surface area contributed by atoms with Crippen molar-refractivity contribution in [2.45, 2.75) is 71.1 Å². The van der Waals surface area contributed by atoms with E-state index in [0.717, 1.165) is 42.9 Å². The number of aryl methyl sites for hydroxylation is 9. The quantitative estimate of drug-likeness (QED) is 0.108. The molecule has 0 radical (unpaired) electrons. The number of nitrogens with zero attached hydrogens (tertiary/aromatic N) is 4. The van der Waals surface area contributed by atoms with E-state index in [2.05, 4.69) is 38.0 Å². The minimum absolute atomic E-state index is 0. The fourth-order valence-electron chi connectivity index (χ4n) is 7.67. The maximum atomic E-state index is 9.68. The molecule has 1 aliphatic rings. The van der Waals surface area contributed by atoms with Crippen LogP contribution in [0.25, 0.3) is 71.7 Å². The van der Waals surface area contributed by atoms with Gasteiger partial charge in [-0.15, -0.1) is 90.0 Å². The van der Waals surface area contributed by atoms with E-state index in [1.807, 2.05) is 0 Å². The Bertz CT molecular complexity index is 4740. The topological polar surface area (TPSA) is 56.2 Å². The van der Waals surface area contributed by atoms with Crippen molar-refractivity contribution in [3.8, 4) is 44.9 Å². The molecular weight excluding hydrogens is 1020 g/mol. The van der Waals surface area contributed by atoms with Crippen LogP contribution in [0.2, 0.25) is 0 Å². The Kier molecular flexibility index (Phi) is 6.67. The molecule has 5 nitrogen and oxygen atoms in total. The predicted octanol–water partition coefficient (Wildman–Crippen LogP) is 14.8. The first-order valence-electron chi connectivity index (χ1n) is 35.3. The zero-order valence-corrected chi connectivity index (χ0v) is 38.0. The van der Waals surface area contributed by atoms with Gasteiger partial charge < -0.3 is 19.4 Å². The van der Waals surface area contributed by atoms with Gasteiger partial charge in [-0.2, -0.15) is 0 Å². The molecule has 0 spiro atoms. The molecule has 0 atom stereocenters. The van der Waals surface area contributed by atoms with Gasteiger partial charge in [-0.25, -0.2) is 4.85 Å². The number of benzene rings is 6. The van der Waals surface area contributed by atoms with Crippen LogP contribution in [-0.2, 0) is 71.1 Å². The van der Waals surface area contributed by atoms with Crippen molar-refractivity contribution in [3.63, 3.8) is 0 Å². The zero-order chi connectivity index (χ0) is 71.5. The van der Waals surface area contributed by atoms with E-state index in [1.54, 1.807) is 36.4 Å². The normalized spacial score (nSPS) is 21.9. The van der Waals surface area contributed by atoms with Crippen LogP contribution < -0.4 is 0 Å². The maximum absolute atomic E-state index is 9.68. The molecule has 11 rings (SSSR count). The number of fused-ring (bicyclic) bond motifs is 5. The average molecular weight is 1100 g/mol. The Hall–Kier alpha value is -7.29. The van der Waals surface area contributed by atoms with Crippen LogP contribution in [0.15, 0.2) is 156 Å². The second kappa shape index (κ2) is 20.1. The fourth-order valence-corrected chi connectivity index (χ4v) is 7.67. The van der Waals surface area contributed by atoms with Crippen LogP contribution in [0, 0.1) is 38.5 Å². The van der Waals surface area contributed by atoms with E-state index in [0.29, 0.717) is 18.2 Å². The first-order valence-corrected chi connectivity index (χ1v) is 20.8. The van der Waals surface area contributed by atoms with Crippen LogP contribution in [0.5, 0.6) is 0 Å². The summed E-state index contributed by atoms with van der Waals surface area (Å²) in [5.74, 6) is 0. The van der Waals surface area contributed by atoms with E-state index >= 15 is 0 Å². The third-order valence-corrected chi connectivity index (χ3v) is 10.9. The van der Waals surface area contributed by atoms with Crippen LogP contribution in [0.4, 0.5) is 5.69 Å². The smallest absolute Gasteiger partial charge is 0.502 e. The molecule has 0 saturated carbocycles. The van der Waals surface area contributed by atoms with Gasteiger partial charge in [0.05, 0.1) is 19.0 Å². The number of rotatable bonds is 13. The second-order valence-electron chi connectivity index (χ2n) is 15.1. The van der Waals surface area contributed by atoms with Crippen molar-refractivity contribution >= 4 is 27.6 Å². The van der Waals surface area contributed by atoms with Gasteiger partial charge >= 0.3 is 20.1 Å². The Balaban J connectivity index is 0.0000104. The SMILES string of the molecule is [2H]c1c([2H])c([2H])c(-c2c3c(c4oc5c(-c6ccc(C([2H])([2H])C([2H])([2H])c7cc(C([2H])([2H])C([2H])([2H])c8cnc(-c9[c-]cccc9)cc8C([2H])([2H])[2H])cc(C([2H])([2H])C([2H])([2H])c8cnc(-c9[c-]cccc9)cc8C([2H])([2H])[2H])c7)cn6)[c-]ccc5c4c2[N+]#[C-])C([2H])([2H])C([2H])([2H])C3([2H])[2H])c([2H])c1[2H].[Ir+3]. The summed E-state index contributed by atoms with van der Waals surface area (Å²) in [6.07, 6.45) is -28.9. The number of aromatic nitrogens is 3. The molecule has 0 amide bonds. The Morgan fingerprint density at radius 2 is 1.26 bits per heavy atom. The first-order chi connectivity index (χ1) is 44.8. The predicted molar refractivity (Wildman–Crippen MR) is 275 cm³/mol. The molecule has 0 bridgehead atoms. The van der Waals surface area contributed by atoms with Gasteiger partial charge in [0.1, 0.15) is 5.58 Å². The minimum Gasteiger partial charge on any atom is -0.502 e. The Morgan fingerprint density at radius 1 is 0.652 bits per heavy atom. The summed E-state index contributed by atoms with van der Waals surface area (Å²) in [6.45, 7) is 2.15. The van der Waals surface area contributed by atoms with E-state index in [1.165, 1.54) is 24.3 Å². The standard InChI is InChI=1S/C63H49N4O.Ir/c1-41-33-57(47-15-7-4-8-16-47)66-39-50(41)30-27-45-35-44(36-46(37-45)28-31-51-40-67-58(34-42(51)2)48-17-9-5-10-18-48)26-25-43-29-32-56(65-38-43)54-23-14-24-55-60-61(64-3)59(49-19-11-6-12-20-49)52-21-13-22-53(52)63(60)68-62(54)55;/h4-12,14-15,17,19-20,24,29,32-40H,13,21-22,25-28,30-31H2,1-2H3;/q-3;+3/i1D3,2D3,6D,11D,12D,13D2,19D,20D,21D2,22D2,25D2,26D2,27D2,28D2,30D2,31D2;. The molecule has 4 heterocycles. The Morgan fingerprint density at radius 3 is 1.84 bits per heavy atom. The van der Waals surface area contributed by atoms with Gasteiger partial charge in [0.25, 0.3) is 0 Å². The third-order valence-electron chi connectivity index (χ3n) is 10.9. The third kappa shape index (κ3) is 9.34. The minimum atomic E-state index is -3.61. The summed E-state index contributed by atoms with van der Waals surface area (Å²) >= 11 is 0. The van der Waals surface area contributed by atoms with Gasteiger partial charge in [-0.05, 0) is 144 Å². The summed E-state index contributed by atoms with van der Waals surface area (Å²) in [6, 6.07) is 25.6. The molecule has 10 aromatic rings. The summed E-state index contributed by atoms with van der Waals surface area (Å²) < 4.78 is 269. The van der Waals surface area contributed by atoms with Crippen LogP contribution in [-0.4, -0.2) is 15.0 Å². The molecule has 6 aromatic carbocycles. The molecule has 0 N–H and O–H groups in total. The first kappa shape index (κ1) is 22.9. The molecule has 0 fully saturated rings. The molecule has 0 aliphatic heterocycles. The van der Waals surface area contributed by atoms with Crippen molar-refractivity contribution in [2.75, 3.05) is 0 Å². The summed E-state index contributed by atoms with van der Waals surface area (Å²) in [7, 11) is 0. The molecule has 4 aromatic heterocycles. The largest absolute Gasteiger partial charge is 3.00 e. The van der Waals surface area contributed by atoms with Crippen molar-refractivity contribution in [2.24, 2.45) is 0 Å². The molecule has 1 aliphatic carbocycles. The number of hydrogen-bond acceptors (Lipinski definition) is 4.